The molecular formula is C7H6F3NO. The maximum Gasteiger partial charge on any atom is 0.280 e. The number of halogens is 3. The minimum absolute atomic E-state index is 0.166. The molecule has 66 valence electrons. The van der Waals surface area contributed by atoms with Crippen molar-refractivity contribution in [1.82, 2.24) is 4.98 Å². The Kier molecular flexibility index (Phi) is 2.65. The maximum absolute atomic E-state index is 12.6. The lowest BCUT2D eigenvalue weighted by atomic mass is 10.2. The van der Waals surface area contributed by atoms with Gasteiger partial charge in [0.2, 0.25) is 0 Å². The van der Waals surface area contributed by atoms with Gasteiger partial charge in [0.25, 0.3) is 6.43 Å². The van der Waals surface area contributed by atoms with Crippen LogP contribution in [0.3, 0.4) is 0 Å². The Morgan fingerprint density at radius 2 is 2.17 bits per heavy atom. The van der Waals surface area contributed by atoms with Gasteiger partial charge in [-0.15, -0.1) is 0 Å². The smallest absolute Gasteiger partial charge is 0.280 e. The summed E-state index contributed by atoms with van der Waals surface area (Å²) >= 11 is 0. The highest BCUT2D eigenvalue weighted by molar-refractivity contribution is 5.18. The van der Waals surface area contributed by atoms with Crippen molar-refractivity contribution in [2.24, 2.45) is 0 Å². The van der Waals surface area contributed by atoms with E-state index in [2.05, 4.69) is 4.98 Å². The highest BCUT2D eigenvalue weighted by Crippen LogP contribution is 2.18. The maximum atomic E-state index is 12.6. The van der Waals surface area contributed by atoms with Crippen molar-refractivity contribution < 1.29 is 18.3 Å². The molecule has 1 heterocycles. The number of pyridine rings is 1. The van der Waals surface area contributed by atoms with E-state index < -0.39 is 24.5 Å². The van der Waals surface area contributed by atoms with Crippen molar-refractivity contribution in [2.75, 3.05) is 0 Å². The molecule has 0 amide bonds. The minimum atomic E-state index is -2.74. The summed E-state index contributed by atoms with van der Waals surface area (Å²) in [5, 5.41) is 8.51. The number of aliphatic hydroxyl groups excluding tert-OH is 1. The minimum Gasteiger partial charge on any atom is -0.392 e. The first kappa shape index (κ1) is 8.99. The van der Waals surface area contributed by atoms with Crippen LogP contribution in [0, 0.1) is 5.82 Å². The molecular weight excluding hydrogens is 171 g/mol. The van der Waals surface area contributed by atoms with Crippen LogP contribution < -0.4 is 0 Å². The van der Waals surface area contributed by atoms with Crippen LogP contribution in [0.15, 0.2) is 12.3 Å². The fourth-order valence-electron chi connectivity index (χ4n) is 0.739. The normalized spacial score (nSPS) is 10.8. The zero-order valence-electron chi connectivity index (χ0n) is 5.97. The van der Waals surface area contributed by atoms with E-state index in [1.165, 1.54) is 0 Å². The second kappa shape index (κ2) is 3.53. The van der Waals surface area contributed by atoms with Gasteiger partial charge in [-0.2, -0.15) is 0 Å². The lowest BCUT2D eigenvalue weighted by Crippen LogP contribution is -1.96. The van der Waals surface area contributed by atoms with E-state index in [1.54, 1.807) is 0 Å². The summed E-state index contributed by atoms with van der Waals surface area (Å²) in [6.07, 6.45) is -2.07. The number of aromatic nitrogens is 1. The Bertz CT molecular complexity index is 277. The van der Waals surface area contributed by atoms with Gasteiger partial charge in [0.1, 0.15) is 11.5 Å². The summed E-state index contributed by atoms with van der Waals surface area (Å²) in [7, 11) is 0. The van der Waals surface area contributed by atoms with E-state index >= 15 is 0 Å². The number of alkyl halides is 2. The third-order valence-electron chi connectivity index (χ3n) is 1.35. The molecule has 0 saturated carbocycles. The van der Waals surface area contributed by atoms with E-state index in [-0.39, 0.29) is 5.56 Å². The van der Waals surface area contributed by atoms with Gasteiger partial charge in [-0.05, 0) is 6.07 Å². The molecule has 0 saturated heterocycles. The standard InChI is InChI=1S/C7H6F3NO/c8-5-2-11-6(7(9)10)1-4(5)3-12/h1-2,7,12H,3H2. The predicted molar refractivity (Wildman–Crippen MR) is 35.1 cm³/mol. The largest absolute Gasteiger partial charge is 0.392 e. The first-order valence-electron chi connectivity index (χ1n) is 3.18. The first-order chi connectivity index (χ1) is 5.65. The van der Waals surface area contributed by atoms with E-state index in [0.29, 0.717) is 6.20 Å². The molecule has 0 fully saturated rings. The molecule has 0 aliphatic rings. The van der Waals surface area contributed by atoms with Crippen molar-refractivity contribution in [1.29, 1.82) is 0 Å². The molecule has 0 atom stereocenters. The van der Waals surface area contributed by atoms with Crippen molar-refractivity contribution in [3.63, 3.8) is 0 Å². The lowest BCUT2D eigenvalue weighted by Gasteiger charge is -2.01. The second-order valence-electron chi connectivity index (χ2n) is 2.16. The number of rotatable bonds is 2. The van der Waals surface area contributed by atoms with Gasteiger partial charge >= 0.3 is 0 Å². The summed E-state index contributed by atoms with van der Waals surface area (Å²) in [6.45, 7) is -0.603. The summed E-state index contributed by atoms with van der Waals surface area (Å²) in [4.78, 5) is 3.15. The summed E-state index contributed by atoms with van der Waals surface area (Å²) in [6, 6.07) is 0.847. The predicted octanol–water partition coefficient (Wildman–Crippen LogP) is 1.65. The van der Waals surface area contributed by atoms with Crippen molar-refractivity contribution >= 4 is 0 Å². The van der Waals surface area contributed by atoms with E-state index in [0.717, 1.165) is 6.07 Å². The van der Waals surface area contributed by atoms with E-state index in [1.807, 2.05) is 0 Å². The topological polar surface area (TPSA) is 33.1 Å². The molecule has 0 aromatic carbocycles. The van der Waals surface area contributed by atoms with Gasteiger partial charge in [-0.25, -0.2) is 13.2 Å². The molecule has 2 nitrogen and oxygen atoms in total. The fraction of sp³-hybridized carbons (Fsp3) is 0.286. The van der Waals surface area contributed by atoms with Gasteiger partial charge in [-0.3, -0.25) is 4.98 Å². The fourth-order valence-corrected chi connectivity index (χ4v) is 0.739. The number of hydrogen-bond donors (Lipinski definition) is 1. The molecule has 0 aliphatic heterocycles. The molecule has 0 bridgehead atoms. The molecule has 5 heteroatoms. The van der Waals surface area contributed by atoms with Crippen LogP contribution in [0.2, 0.25) is 0 Å². The number of aliphatic hydroxyl groups is 1. The Morgan fingerprint density at radius 1 is 1.50 bits per heavy atom. The van der Waals surface area contributed by atoms with Gasteiger partial charge in [0.05, 0.1) is 12.8 Å². The van der Waals surface area contributed by atoms with E-state index in [4.69, 9.17) is 5.11 Å². The van der Waals surface area contributed by atoms with Gasteiger partial charge in [0, 0.05) is 5.56 Å². The zero-order chi connectivity index (χ0) is 9.14. The summed E-state index contributed by atoms with van der Waals surface area (Å²) < 4.78 is 36.5. The molecule has 12 heavy (non-hydrogen) atoms. The van der Waals surface area contributed by atoms with Crippen LogP contribution in [-0.4, -0.2) is 10.1 Å². The van der Waals surface area contributed by atoms with Crippen molar-refractivity contribution in [2.45, 2.75) is 13.0 Å². The lowest BCUT2D eigenvalue weighted by molar-refractivity contribution is 0.145. The van der Waals surface area contributed by atoms with Crippen LogP contribution >= 0.6 is 0 Å². The molecule has 1 N–H and O–H groups in total. The summed E-state index contributed by atoms with van der Waals surface area (Å²) in [5.41, 5.74) is -0.694. The molecule has 0 unspecified atom stereocenters. The third-order valence-corrected chi connectivity index (χ3v) is 1.35. The Morgan fingerprint density at radius 3 is 2.67 bits per heavy atom. The Balaban J connectivity index is 3.05. The molecule has 1 rings (SSSR count). The monoisotopic (exact) mass is 177 g/mol. The summed E-state index contributed by atoms with van der Waals surface area (Å²) in [5.74, 6) is -0.776. The molecule has 0 spiro atoms. The molecule has 1 aromatic heterocycles. The number of nitrogens with zero attached hydrogens (tertiary/aromatic N) is 1. The molecule has 0 radical (unpaired) electrons. The van der Waals surface area contributed by atoms with Crippen LogP contribution in [0.5, 0.6) is 0 Å². The number of hydrogen-bond acceptors (Lipinski definition) is 2. The molecule has 0 aliphatic carbocycles. The van der Waals surface area contributed by atoms with Crippen LogP contribution in [-0.2, 0) is 6.61 Å². The van der Waals surface area contributed by atoms with Gasteiger partial charge in [0.15, 0.2) is 0 Å². The van der Waals surface area contributed by atoms with Crippen molar-refractivity contribution in [3.05, 3.63) is 29.3 Å². The average molecular weight is 177 g/mol. The van der Waals surface area contributed by atoms with Crippen LogP contribution in [0.4, 0.5) is 13.2 Å². The van der Waals surface area contributed by atoms with Crippen LogP contribution in [0.25, 0.3) is 0 Å². The zero-order valence-corrected chi connectivity index (χ0v) is 5.97. The van der Waals surface area contributed by atoms with Gasteiger partial charge in [-0.1, -0.05) is 0 Å². The Hall–Kier alpha value is -1.10. The van der Waals surface area contributed by atoms with E-state index in [9.17, 15) is 13.2 Å². The molecule has 1 aromatic rings. The highest BCUT2D eigenvalue weighted by atomic mass is 19.3. The van der Waals surface area contributed by atoms with Gasteiger partial charge < -0.3 is 5.11 Å². The van der Waals surface area contributed by atoms with Crippen molar-refractivity contribution in [3.8, 4) is 0 Å². The quantitative estimate of drug-likeness (QED) is 0.745. The SMILES string of the molecule is OCc1cc(C(F)F)ncc1F. The Labute approximate surface area is 66.7 Å². The average Bonchev–Trinajstić information content (AvgIpc) is 2.05. The highest BCUT2D eigenvalue weighted by Gasteiger charge is 2.11. The first-order valence-corrected chi connectivity index (χ1v) is 3.18. The third kappa shape index (κ3) is 1.73. The van der Waals surface area contributed by atoms with Crippen LogP contribution in [0.1, 0.15) is 17.7 Å². The second-order valence-corrected chi connectivity index (χ2v) is 2.16.